The van der Waals surface area contributed by atoms with E-state index in [0.717, 1.165) is 0 Å². The van der Waals surface area contributed by atoms with E-state index in [4.69, 9.17) is 27.9 Å². The molecule has 2 amide bonds. The Bertz CT molecular complexity index is 468. The van der Waals surface area contributed by atoms with Gasteiger partial charge in [0, 0.05) is 19.1 Å². The van der Waals surface area contributed by atoms with Gasteiger partial charge >= 0.3 is 6.09 Å². The zero-order valence-corrected chi connectivity index (χ0v) is 15.1. The van der Waals surface area contributed by atoms with Gasteiger partial charge in [0.25, 0.3) is 0 Å². The predicted octanol–water partition coefficient (Wildman–Crippen LogP) is 3.09. The summed E-state index contributed by atoms with van der Waals surface area (Å²) in [6.45, 7) is 8.48. The lowest BCUT2D eigenvalue weighted by atomic mass is 10.0. The molecular formula is C15H24Cl2N2O3. The normalized spacial score (nSPS) is 28.2. The van der Waals surface area contributed by atoms with Crippen LogP contribution < -0.4 is 5.32 Å². The van der Waals surface area contributed by atoms with Crippen molar-refractivity contribution in [2.45, 2.75) is 62.9 Å². The molecule has 0 bridgehead atoms. The predicted molar refractivity (Wildman–Crippen MR) is 86.1 cm³/mol. The van der Waals surface area contributed by atoms with Gasteiger partial charge in [-0.3, -0.25) is 4.79 Å². The number of hydrogen-bond donors (Lipinski definition) is 1. The van der Waals surface area contributed by atoms with E-state index >= 15 is 0 Å². The molecule has 22 heavy (non-hydrogen) atoms. The van der Waals surface area contributed by atoms with Gasteiger partial charge in [0.15, 0.2) is 0 Å². The first-order chi connectivity index (χ1) is 9.95. The first-order valence-corrected chi connectivity index (χ1v) is 8.37. The van der Waals surface area contributed by atoms with Crippen molar-refractivity contribution in [3.8, 4) is 0 Å². The van der Waals surface area contributed by atoms with Crippen LogP contribution in [0.4, 0.5) is 4.79 Å². The van der Waals surface area contributed by atoms with Crippen LogP contribution in [0.2, 0.25) is 0 Å². The number of nitrogens with zero attached hydrogens (tertiary/aromatic N) is 1. The summed E-state index contributed by atoms with van der Waals surface area (Å²) >= 11 is 12.1. The molecule has 7 heteroatoms. The number of hydrogen-bond acceptors (Lipinski definition) is 3. The largest absolute Gasteiger partial charge is 0.444 e. The molecule has 2 aliphatic rings. The first kappa shape index (κ1) is 17.7. The van der Waals surface area contributed by atoms with E-state index in [9.17, 15) is 9.59 Å². The minimum atomic E-state index is -0.935. The van der Waals surface area contributed by atoms with Gasteiger partial charge in [-0.1, -0.05) is 0 Å². The Morgan fingerprint density at radius 1 is 1.23 bits per heavy atom. The molecule has 1 heterocycles. The van der Waals surface area contributed by atoms with Crippen molar-refractivity contribution in [1.29, 1.82) is 0 Å². The number of carbonyl (C=O) groups excluding carboxylic acids is 2. The summed E-state index contributed by atoms with van der Waals surface area (Å²) in [6, 6.07) is 0.0302. The van der Waals surface area contributed by atoms with Gasteiger partial charge in [0.1, 0.15) is 9.93 Å². The van der Waals surface area contributed by atoms with Crippen LogP contribution in [0, 0.1) is 5.41 Å². The highest BCUT2D eigenvalue weighted by atomic mass is 35.5. The quantitative estimate of drug-likeness (QED) is 0.778. The molecule has 0 aromatic heterocycles. The number of rotatable bonds is 2. The number of alkyl halides is 2. The van der Waals surface area contributed by atoms with Crippen LogP contribution in [0.15, 0.2) is 0 Å². The van der Waals surface area contributed by atoms with E-state index in [2.05, 4.69) is 5.32 Å². The summed E-state index contributed by atoms with van der Waals surface area (Å²) in [5.74, 6) is 0.00761. The average molecular weight is 351 g/mol. The number of alkyl carbamates (subject to hydrolysis) is 1. The Balaban J connectivity index is 1.79. The smallest absolute Gasteiger partial charge is 0.407 e. The van der Waals surface area contributed by atoms with E-state index in [1.807, 2.05) is 20.8 Å². The topological polar surface area (TPSA) is 58.6 Å². The number of likely N-dealkylation sites (tertiary alicyclic amines) is 1. The third-order valence-corrected chi connectivity index (χ3v) is 5.33. The van der Waals surface area contributed by atoms with Gasteiger partial charge in [-0.15, -0.1) is 23.2 Å². The van der Waals surface area contributed by atoms with Crippen LogP contribution in [-0.2, 0) is 9.53 Å². The van der Waals surface area contributed by atoms with Crippen molar-refractivity contribution in [1.82, 2.24) is 10.2 Å². The standard InChI is InChI=1S/C15H24Cl2N2O3/c1-13(2,3)22-12(21)18-10-5-7-19(8-6-10)11(20)14(4)9-15(14,16)17/h10H,5-9H2,1-4H3,(H,18,21)/t14-/m1/s1. The third-order valence-electron chi connectivity index (χ3n) is 4.23. The second-order valence-corrected chi connectivity index (χ2v) is 8.91. The molecule has 1 saturated heterocycles. The second-order valence-electron chi connectivity index (χ2n) is 7.43. The van der Waals surface area contributed by atoms with E-state index < -0.39 is 21.4 Å². The Morgan fingerprint density at radius 2 is 1.73 bits per heavy atom. The monoisotopic (exact) mass is 350 g/mol. The first-order valence-electron chi connectivity index (χ1n) is 7.61. The van der Waals surface area contributed by atoms with Gasteiger partial charge in [-0.2, -0.15) is 0 Å². The number of carbonyl (C=O) groups is 2. The molecule has 0 radical (unpaired) electrons. The van der Waals surface area contributed by atoms with Crippen molar-refractivity contribution in [3.63, 3.8) is 0 Å². The van der Waals surface area contributed by atoms with Crippen LogP contribution in [0.25, 0.3) is 0 Å². The third kappa shape index (κ3) is 3.80. The summed E-state index contributed by atoms with van der Waals surface area (Å²) in [5.41, 5.74) is -1.17. The second kappa shape index (κ2) is 5.75. The Kier molecular flexibility index (Phi) is 4.62. The fourth-order valence-electron chi connectivity index (χ4n) is 2.68. The SMILES string of the molecule is CC(C)(C)OC(=O)NC1CCN(C(=O)[C@@]2(C)CC2(Cl)Cl)CC1. The van der Waals surface area contributed by atoms with Crippen LogP contribution in [-0.4, -0.2) is 46.0 Å². The Morgan fingerprint density at radius 3 is 2.14 bits per heavy atom. The molecule has 1 aliphatic carbocycles. The fraction of sp³-hybridized carbons (Fsp3) is 0.867. The number of nitrogens with one attached hydrogen (secondary N) is 1. The van der Waals surface area contributed by atoms with Crippen LogP contribution >= 0.6 is 23.2 Å². The van der Waals surface area contributed by atoms with E-state index in [-0.39, 0.29) is 11.9 Å². The Labute approximate surface area is 141 Å². The van der Waals surface area contributed by atoms with Gasteiger partial charge < -0.3 is 15.0 Å². The van der Waals surface area contributed by atoms with Crippen molar-refractivity contribution in [3.05, 3.63) is 0 Å². The maximum absolute atomic E-state index is 12.5. The maximum Gasteiger partial charge on any atom is 0.407 e. The fourth-order valence-corrected chi connectivity index (χ4v) is 3.38. The molecular weight excluding hydrogens is 327 g/mol. The summed E-state index contributed by atoms with van der Waals surface area (Å²) < 4.78 is 4.31. The van der Waals surface area contributed by atoms with E-state index in [1.54, 1.807) is 11.8 Å². The summed E-state index contributed by atoms with van der Waals surface area (Å²) in [4.78, 5) is 26.0. The number of halogens is 2. The average Bonchev–Trinajstić information content (AvgIpc) is 2.87. The van der Waals surface area contributed by atoms with Gasteiger partial charge in [0.05, 0.1) is 5.41 Å². The molecule has 1 aliphatic heterocycles. The minimum Gasteiger partial charge on any atom is -0.444 e. The van der Waals surface area contributed by atoms with Crippen LogP contribution in [0.3, 0.4) is 0 Å². The van der Waals surface area contributed by atoms with Gasteiger partial charge in [-0.25, -0.2) is 4.79 Å². The van der Waals surface area contributed by atoms with Crippen molar-refractivity contribution < 1.29 is 14.3 Å². The van der Waals surface area contributed by atoms with Crippen molar-refractivity contribution in [2.75, 3.05) is 13.1 Å². The molecule has 126 valence electrons. The van der Waals surface area contributed by atoms with Crippen molar-refractivity contribution in [2.24, 2.45) is 5.41 Å². The highest BCUT2D eigenvalue weighted by Crippen LogP contribution is 2.64. The van der Waals surface area contributed by atoms with Gasteiger partial charge in [-0.05, 0) is 47.0 Å². The zero-order valence-electron chi connectivity index (χ0n) is 13.5. The molecule has 1 atom stereocenters. The molecule has 0 aromatic carbocycles. The lowest BCUT2D eigenvalue weighted by Crippen LogP contribution is -2.49. The van der Waals surface area contributed by atoms with Gasteiger partial charge in [0.2, 0.25) is 5.91 Å². The van der Waals surface area contributed by atoms with Crippen LogP contribution in [0.5, 0.6) is 0 Å². The van der Waals surface area contributed by atoms with E-state index in [0.29, 0.717) is 32.4 Å². The molecule has 2 rings (SSSR count). The summed E-state index contributed by atoms with van der Waals surface area (Å²) in [5, 5.41) is 2.85. The molecule has 2 fully saturated rings. The van der Waals surface area contributed by atoms with Crippen molar-refractivity contribution >= 4 is 35.2 Å². The Hall–Kier alpha value is -0.680. The molecule has 0 aromatic rings. The minimum absolute atomic E-state index is 0.00761. The highest BCUT2D eigenvalue weighted by molar-refractivity contribution is 6.53. The van der Waals surface area contributed by atoms with E-state index in [1.165, 1.54) is 0 Å². The molecule has 1 N–H and O–H groups in total. The summed E-state index contributed by atoms with van der Waals surface area (Å²) in [6.07, 6.45) is 1.50. The van der Waals surface area contributed by atoms with Crippen LogP contribution in [0.1, 0.15) is 47.0 Å². The maximum atomic E-state index is 12.5. The summed E-state index contributed by atoms with van der Waals surface area (Å²) in [7, 11) is 0. The number of piperidine rings is 1. The number of amides is 2. The molecule has 0 spiro atoms. The lowest BCUT2D eigenvalue weighted by Gasteiger charge is -2.34. The number of ether oxygens (including phenoxy) is 1. The highest BCUT2D eigenvalue weighted by Gasteiger charge is 2.68. The lowest BCUT2D eigenvalue weighted by molar-refractivity contribution is -0.137. The molecule has 5 nitrogen and oxygen atoms in total. The molecule has 0 unspecified atom stereocenters. The molecule has 1 saturated carbocycles. The zero-order chi connectivity index (χ0) is 16.8.